The Hall–Kier alpha value is -1.54. The zero-order valence-corrected chi connectivity index (χ0v) is 13.4. The van der Waals surface area contributed by atoms with Crippen molar-refractivity contribution in [3.05, 3.63) is 29.6 Å². The van der Waals surface area contributed by atoms with Crippen LogP contribution in [-0.2, 0) is 14.8 Å². The Morgan fingerprint density at radius 1 is 1.52 bits per heavy atom. The van der Waals surface area contributed by atoms with E-state index in [4.69, 9.17) is 18.0 Å². The van der Waals surface area contributed by atoms with E-state index < -0.39 is 21.7 Å². The molecule has 0 unspecified atom stereocenters. The molecule has 0 heterocycles. The van der Waals surface area contributed by atoms with Crippen molar-refractivity contribution in [2.45, 2.75) is 26.2 Å². The number of hydrogen-bond acceptors (Lipinski definition) is 4. The van der Waals surface area contributed by atoms with E-state index in [-0.39, 0.29) is 22.7 Å². The second-order valence-corrected chi connectivity index (χ2v) is 6.74. The number of halogens is 1. The zero-order chi connectivity index (χ0) is 16.2. The van der Waals surface area contributed by atoms with Gasteiger partial charge in [0.15, 0.2) is 0 Å². The minimum Gasteiger partial charge on any atom is -0.389 e. The molecule has 0 aliphatic carbocycles. The lowest BCUT2D eigenvalue weighted by atomic mass is 10.1. The molecule has 0 aromatic heterocycles. The molecule has 8 heteroatoms. The Labute approximate surface area is 129 Å². The maximum absolute atomic E-state index is 13.2. The van der Waals surface area contributed by atoms with Crippen LogP contribution in [0.1, 0.15) is 31.7 Å². The fourth-order valence-corrected chi connectivity index (χ4v) is 2.88. The van der Waals surface area contributed by atoms with Gasteiger partial charge in [-0.15, -0.1) is 0 Å². The van der Waals surface area contributed by atoms with Gasteiger partial charge in [-0.25, -0.2) is 17.1 Å². The van der Waals surface area contributed by atoms with Crippen molar-refractivity contribution >= 4 is 38.8 Å². The molecule has 0 aliphatic rings. The molecule has 5 nitrogen and oxygen atoms in total. The van der Waals surface area contributed by atoms with E-state index in [1.54, 1.807) is 0 Å². The molecule has 1 radical (unpaired) electrons. The maximum atomic E-state index is 13.2. The number of hydrogen-bond donors (Lipinski definition) is 1. The fraction of sp³-hybridized carbons (Fsp3) is 0.385. The van der Waals surface area contributed by atoms with Gasteiger partial charge in [-0.3, -0.25) is 4.79 Å². The van der Waals surface area contributed by atoms with Gasteiger partial charge >= 0.3 is 0 Å². The Morgan fingerprint density at radius 3 is 2.62 bits per heavy atom. The Morgan fingerprint density at radius 2 is 2.14 bits per heavy atom. The monoisotopic (exact) mass is 331 g/mol. The van der Waals surface area contributed by atoms with Crippen LogP contribution in [0.15, 0.2) is 12.1 Å². The average Bonchev–Trinajstić information content (AvgIpc) is 2.36. The molecular weight excluding hydrogens is 315 g/mol. The summed E-state index contributed by atoms with van der Waals surface area (Å²) in [5.74, 6) is -1.35. The van der Waals surface area contributed by atoms with Gasteiger partial charge in [0.05, 0.1) is 11.9 Å². The molecule has 1 aromatic rings. The number of carbonyl (C=O) groups is 1. The van der Waals surface area contributed by atoms with Crippen LogP contribution in [0.25, 0.3) is 0 Å². The van der Waals surface area contributed by atoms with Crippen molar-refractivity contribution in [3.63, 3.8) is 0 Å². The summed E-state index contributed by atoms with van der Waals surface area (Å²) in [4.78, 5) is 12.0. The topological polar surface area (TPSA) is 80.5 Å². The number of carbonyl (C=O) groups excluding carboxylic acids is 1. The molecule has 2 N–H and O–H groups in total. The van der Waals surface area contributed by atoms with Crippen LogP contribution in [0.5, 0.6) is 0 Å². The van der Waals surface area contributed by atoms with Crippen molar-refractivity contribution in [3.8, 4) is 0 Å². The third-order valence-electron chi connectivity index (χ3n) is 2.68. The van der Waals surface area contributed by atoms with Gasteiger partial charge in [0.2, 0.25) is 15.9 Å². The smallest absolute Gasteiger partial charge is 0.240 e. The number of nitrogens with two attached hydrogens (primary N) is 1. The van der Waals surface area contributed by atoms with Crippen LogP contribution in [0.3, 0.4) is 0 Å². The quantitative estimate of drug-likeness (QED) is 0.803. The number of benzene rings is 1. The number of sulfonamides is 1. The lowest BCUT2D eigenvalue weighted by molar-refractivity contribution is -0.117. The van der Waals surface area contributed by atoms with Crippen LogP contribution in [-0.4, -0.2) is 25.6 Å². The van der Waals surface area contributed by atoms with Gasteiger partial charge in [0.1, 0.15) is 10.8 Å². The highest BCUT2D eigenvalue weighted by molar-refractivity contribution is 7.92. The van der Waals surface area contributed by atoms with E-state index in [1.807, 2.05) is 6.92 Å². The van der Waals surface area contributed by atoms with E-state index in [2.05, 4.69) is 6.07 Å². The average molecular weight is 331 g/mol. The lowest BCUT2D eigenvalue weighted by Crippen LogP contribution is -2.37. The maximum Gasteiger partial charge on any atom is 0.240 e. The minimum absolute atomic E-state index is 0.0171. The molecule has 0 fully saturated rings. The van der Waals surface area contributed by atoms with E-state index in [1.165, 1.54) is 0 Å². The highest BCUT2D eigenvalue weighted by Gasteiger charge is 2.27. The first-order valence-electron chi connectivity index (χ1n) is 6.22. The Balaban J connectivity index is 3.41. The van der Waals surface area contributed by atoms with Crippen molar-refractivity contribution in [2.75, 3.05) is 10.6 Å². The SMILES string of the molecule is CCCCC(=O)N(c1c[c]c(F)cc1C(N)=S)S(C)(=O)=O. The minimum atomic E-state index is -3.89. The van der Waals surface area contributed by atoms with Crippen molar-refractivity contribution in [2.24, 2.45) is 5.73 Å². The molecule has 0 saturated carbocycles. The molecule has 115 valence electrons. The van der Waals surface area contributed by atoms with E-state index in [9.17, 15) is 17.6 Å². The third-order valence-corrected chi connectivity index (χ3v) is 3.96. The van der Waals surface area contributed by atoms with Crippen molar-refractivity contribution in [1.82, 2.24) is 0 Å². The number of rotatable bonds is 6. The predicted octanol–water partition coefficient (Wildman–Crippen LogP) is 1.74. The molecule has 0 spiro atoms. The molecule has 21 heavy (non-hydrogen) atoms. The number of thiocarbonyl (C=S) groups is 1. The summed E-state index contributed by atoms with van der Waals surface area (Å²) in [6, 6.07) is 4.24. The van der Waals surface area contributed by atoms with Crippen LogP contribution < -0.4 is 10.0 Å². The summed E-state index contributed by atoms with van der Waals surface area (Å²) in [7, 11) is -3.89. The number of anilines is 1. The van der Waals surface area contributed by atoms with E-state index >= 15 is 0 Å². The van der Waals surface area contributed by atoms with Crippen LogP contribution in [0.4, 0.5) is 10.1 Å². The Kier molecular flexibility index (Phi) is 5.79. The van der Waals surface area contributed by atoms with Gasteiger partial charge in [-0.2, -0.15) is 0 Å². The van der Waals surface area contributed by atoms with Crippen LogP contribution in [0.2, 0.25) is 0 Å². The van der Waals surface area contributed by atoms with E-state index in [0.717, 1.165) is 24.8 Å². The number of amides is 1. The standard InChI is InChI=1S/C13H16FN2O3S2/c1-3-4-5-12(17)16(21(2,18)19)11-7-6-9(14)8-10(11)13(15)20/h7-8H,3-5H2,1-2H3,(H2,15,20). The highest BCUT2D eigenvalue weighted by Crippen LogP contribution is 2.25. The van der Waals surface area contributed by atoms with E-state index in [0.29, 0.717) is 10.7 Å². The first-order chi connectivity index (χ1) is 9.68. The second-order valence-electron chi connectivity index (χ2n) is 4.47. The number of nitrogens with zero attached hydrogens (tertiary/aromatic N) is 1. The van der Waals surface area contributed by atoms with Gasteiger partial charge in [0, 0.05) is 18.1 Å². The molecule has 0 saturated heterocycles. The first kappa shape index (κ1) is 17.5. The van der Waals surface area contributed by atoms with Crippen molar-refractivity contribution in [1.29, 1.82) is 0 Å². The van der Waals surface area contributed by atoms with Crippen molar-refractivity contribution < 1.29 is 17.6 Å². The van der Waals surface area contributed by atoms with Gasteiger partial charge in [0.25, 0.3) is 0 Å². The summed E-state index contributed by atoms with van der Waals surface area (Å²) in [5.41, 5.74) is 5.39. The third kappa shape index (κ3) is 4.47. The molecule has 0 aliphatic heterocycles. The molecule has 1 amide bonds. The first-order valence-corrected chi connectivity index (χ1v) is 8.48. The van der Waals surface area contributed by atoms with Gasteiger partial charge in [-0.05, 0) is 18.6 Å². The van der Waals surface area contributed by atoms with Crippen LogP contribution >= 0.6 is 12.2 Å². The molecular formula is C13H16FN2O3S2. The fourth-order valence-electron chi connectivity index (χ4n) is 1.75. The zero-order valence-electron chi connectivity index (χ0n) is 11.7. The summed E-state index contributed by atoms with van der Waals surface area (Å²) in [6.45, 7) is 1.88. The van der Waals surface area contributed by atoms with Gasteiger partial charge in [-0.1, -0.05) is 25.6 Å². The summed E-state index contributed by atoms with van der Waals surface area (Å²) < 4.78 is 37.7. The van der Waals surface area contributed by atoms with Gasteiger partial charge < -0.3 is 5.73 Å². The molecule has 0 bridgehead atoms. The normalized spacial score (nSPS) is 11.2. The lowest BCUT2D eigenvalue weighted by Gasteiger charge is -2.22. The largest absolute Gasteiger partial charge is 0.389 e. The summed E-state index contributed by atoms with van der Waals surface area (Å²) in [5, 5.41) is 0. The number of unbranched alkanes of at least 4 members (excludes halogenated alkanes) is 1. The molecule has 1 aromatic carbocycles. The Bertz CT molecular complexity index is 659. The molecule has 1 rings (SSSR count). The summed E-state index contributed by atoms with van der Waals surface area (Å²) in [6.07, 6.45) is 2.22. The molecule has 0 atom stereocenters. The predicted molar refractivity (Wildman–Crippen MR) is 83.0 cm³/mol. The highest BCUT2D eigenvalue weighted by atomic mass is 32.2. The second kappa shape index (κ2) is 6.95. The summed E-state index contributed by atoms with van der Waals surface area (Å²) >= 11 is 4.79. The van der Waals surface area contributed by atoms with Crippen LogP contribution in [0, 0.1) is 11.9 Å².